The first-order chi connectivity index (χ1) is 9.15. The van der Waals surface area contributed by atoms with Crippen LogP contribution in [0.1, 0.15) is 11.4 Å². The first-order valence-electron chi connectivity index (χ1n) is 5.84. The van der Waals surface area contributed by atoms with E-state index in [0.717, 1.165) is 11.4 Å². The highest BCUT2D eigenvalue weighted by Gasteiger charge is 2.05. The minimum Gasteiger partial charge on any atom is -0.355 e. The summed E-state index contributed by atoms with van der Waals surface area (Å²) in [6.07, 6.45) is 4.41. The van der Waals surface area contributed by atoms with Crippen molar-refractivity contribution in [1.82, 2.24) is 15.3 Å². The summed E-state index contributed by atoms with van der Waals surface area (Å²) in [6.45, 7) is 0.549. The molecule has 0 bridgehead atoms. The molecule has 1 aromatic heterocycles. The van der Waals surface area contributed by atoms with Crippen LogP contribution in [-0.4, -0.2) is 22.4 Å². The molecule has 0 aliphatic heterocycles. The Hall–Kier alpha value is -1.52. The van der Waals surface area contributed by atoms with Crippen molar-refractivity contribution in [3.8, 4) is 0 Å². The fourth-order valence-electron chi connectivity index (χ4n) is 1.65. The van der Waals surface area contributed by atoms with Gasteiger partial charge in [0.15, 0.2) is 0 Å². The van der Waals surface area contributed by atoms with Crippen molar-refractivity contribution >= 4 is 29.1 Å². The van der Waals surface area contributed by atoms with E-state index in [1.54, 1.807) is 30.6 Å². The van der Waals surface area contributed by atoms with E-state index in [0.29, 0.717) is 23.0 Å². The number of hydrogen-bond donors (Lipinski definition) is 2. The molecule has 0 aliphatic rings. The smallest absolute Gasteiger partial charge is 0.224 e. The molecule has 0 fully saturated rings. The molecule has 2 N–H and O–H groups in total. The number of aromatic amines is 1. The van der Waals surface area contributed by atoms with Crippen molar-refractivity contribution in [2.24, 2.45) is 0 Å². The Morgan fingerprint density at radius 1 is 1.32 bits per heavy atom. The largest absolute Gasteiger partial charge is 0.355 e. The van der Waals surface area contributed by atoms with Crippen LogP contribution < -0.4 is 5.32 Å². The predicted octanol–water partition coefficient (Wildman–Crippen LogP) is 2.62. The Bertz CT molecular complexity index is 555. The zero-order valence-corrected chi connectivity index (χ0v) is 11.6. The molecule has 0 saturated carbocycles. The van der Waals surface area contributed by atoms with Crippen LogP contribution in [0, 0.1) is 0 Å². The van der Waals surface area contributed by atoms with Gasteiger partial charge in [0.05, 0.1) is 16.5 Å². The van der Waals surface area contributed by atoms with Crippen LogP contribution in [0.5, 0.6) is 0 Å². The number of H-pyrrole nitrogens is 1. The molecule has 1 heterocycles. The molecule has 4 nitrogen and oxygen atoms in total. The monoisotopic (exact) mass is 297 g/mol. The maximum atomic E-state index is 11.7. The maximum absolute atomic E-state index is 11.7. The van der Waals surface area contributed by atoms with E-state index in [4.69, 9.17) is 23.2 Å². The number of benzene rings is 1. The topological polar surface area (TPSA) is 57.8 Å². The number of imidazole rings is 1. The van der Waals surface area contributed by atoms with Gasteiger partial charge in [0.2, 0.25) is 5.91 Å². The molecule has 19 heavy (non-hydrogen) atoms. The van der Waals surface area contributed by atoms with E-state index in [2.05, 4.69) is 15.3 Å². The summed E-state index contributed by atoms with van der Waals surface area (Å²) < 4.78 is 0. The van der Waals surface area contributed by atoms with Gasteiger partial charge in [0.1, 0.15) is 5.82 Å². The van der Waals surface area contributed by atoms with Crippen molar-refractivity contribution in [1.29, 1.82) is 0 Å². The first-order valence-corrected chi connectivity index (χ1v) is 6.59. The second-order valence-corrected chi connectivity index (χ2v) is 4.88. The standard InChI is InChI=1S/C13H13Cl2N3O/c14-10-2-1-9(7-11(10)15)8-13(19)18-4-3-12-16-5-6-17-12/h1-2,5-7H,3-4,8H2,(H,16,17)(H,18,19). The van der Waals surface area contributed by atoms with Crippen molar-refractivity contribution < 1.29 is 4.79 Å². The van der Waals surface area contributed by atoms with Crippen molar-refractivity contribution in [3.63, 3.8) is 0 Å². The first kappa shape index (κ1) is 13.9. The molecule has 2 rings (SSSR count). The molecule has 100 valence electrons. The van der Waals surface area contributed by atoms with Crippen LogP contribution in [-0.2, 0) is 17.6 Å². The second-order valence-electron chi connectivity index (χ2n) is 4.06. The fraction of sp³-hybridized carbons (Fsp3) is 0.231. The Kier molecular flexibility index (Phi) is 4.82. The molecule has 6 heteroatoms. The number of halogens is 2. The summed E-state index contributed by atoms with van der Waals surface area (Å²) in [5, 5.41) is 3.78. The molecular formula is C13H13Cl2N3O. The lowest BCUT2D eigenvalue weighted by atomic mass is 10.1. The second kappa shape index (κ2) is 6.59. The van der Waals surface area contributed by atoms with Crippen molar-refractivity contribution in [3.05, 3.63) is 52.0 Å². The van der Waals surface area contributed by atoms with E-state index in [9.17, 15) is 4.79 Å². The summed E-state index contributed by atoms with van der Waals surface area (Å²) in [7, 11) is 0. The highest BCUT2D eigenvalue weighted by molar-refractivity contribution is 6.42. The van der Waals surface area contributed by atoms with E-state index in [-0.39, 0.29) is 12.3 Å². The predicted molar refractivity (Wildman–Crippen MR) is 75.5 cm³/mol. The van der Waals surface area contributed by atoms with Crippen LogP contribution in [0.3, 0.4) is 0 Å². The fourth-order valence-corrected chi connectivity index (χ4v) is 1.97. The van der Waals surface area contributed by atoms with Gasteiger partial charge < -0.3 is 10.3 Å². The van der Waals surface area contributed by atoms with Crippen molar-refractivity contribution in [2.75, 3.05) is 6.54 Å². The summed E-state index contributed by atoms with van der Waals surface area (Å²) in [6, 6.07) is 5.19. The van der Waals surface area contributed by atoms with E-state index >= 15 is 0 Å². The minimum atomic E-state index is -0.0510. The van der Waals surface area contributed by atoms with E-state index in [1.807, 2.05) is 0 Å². The third-order valence-electron chi connectivity index (χ3n) is 2.59. The SMILES string of the molecule is O=C(Cc1ccc(Cl)c(Cl)c1)NCCc1ncc[nH]1. The average Bonchev–Trinajstić information content (AvgIpc) is 2.87. The van der Waals surface area contributed by atoms with Gasteiger partial charge in [-0.3, -0.25) is 4.79 Å². The zero-order valence-electron chi connectivity index (χ0n) is 10.1. The van der Waals surface area contributed by atoms with Crippen LogP contribution in [0.25, 0.3) is 0 Å². The lowest BCUT2D eigenvalue weighted by Crippen LogP contribution is -2.27. The van der Waals surface area contributed by atoms with Crippen LogP contribution >= 0.6 is 23.2 Å². The number of hydrogen-bond acceptors (Lipinski definition) is 2. The Morgan fingerprint density at radius 3 is 2.84 bits per heavy atom. The average molecular weight is 298 g/mol. The molecule has 0 spiro atoms. The number of nitrogens with zero attached hydrogens (tertiary/aromatic N) is 1. The molecule has 0 atom stereocenters. The molecule has 0 aliphatic carbocycles. The number of aromatic nitrogens is 2. The molecule has 0 saturated heterocycles. The third-order valence-corrected chi connectivity index (χ3v) is 3.33. The van der Waals surface area contributed by atoms with Gasteiger partial charge in [0.25, 0.3) is 0 Å². The van der Waals surface area contributed by atoms with Crippen molar-refractivity contribution in [2.45, 2.75) is 12.8 Å². The number of nitrogens with one attached hydrogen (secondary N) is 2. The van der Waals surface area contributed by atoms with Gasteiger partial charge in [-0.25, -0.2) is 4.98 Å². The number of carbonyl (C=O) groups excluding carboxylic acids is 1. The van der Waals surface area contributed by atoms with Crippen LogP contribution in [0.2, 0.25) is 10.0 Å². The van der Waals surface area contributed by atoms with Gasteiger partial charge in [-0.05, 0) is 17.7 Å². The summed E-state index contributed by atoms with van der Waals surface area (Å²) >= 11 is 11.7. The summed E-state index contributed by atoms with van der Waals surface area (Å²) in [5.74, 6) is 0.805. The Labute approximate surface area is 121 Å². The van der Waals surface area contributed by atoms with Gasteiger partial charge >= 0.3 is 0 Å². The van der Waals surface area contributed by atoms with Crippen LogP contribution in [0.15, 0.2) is 30.6 Å². The maximum Gasteiger partial charge on any atom is 0.224 e. The normalized spacial score (nSPS) is 10.4. The summed E-state index contributed by atoms with van der Waals surface area (Å²) in [5.41, 5.74) is 0.838. The van der Waals surface area contributed by atoms with Gasteiger partial charge in [-0.1, -0.05) is 29.3 Å². The minimum absolute atomic E-state index is 0.0510. The van der Waals surface area contributed by atoms with Crippen LogP contribution in [0.4, 0.5) is 0 Å². The lowest BCUT2D eigenvalue weighted by molar-refractivity contribution is -0.120. The summed E-state index contributed by atoms with van der Waals surface area (Å²) in [4.78, 5) is 18.8. The van der Waals surface area contributed by atoms with E-state index < -0.39 is 0 Å². The zero-order chi connectivity index (χ0) is 13.7. The molecule has 1 amide bonds. The van der Waals surface area contributed by atoms with E-state index in [1.165, 1.54) is 0 Å². The molecular weight excluding hydrogens is 285 g/mol. The lowest BCUT2D eigenvalue weighted by Gasteiger charge is -2.05. The molecule has 2 aromatic rings. The Morgan fingerprint density at radius 2 is 2.16 bits per heavy atom. The highest BCUT2D eigenvalue weighted by atomic mass is 35.5. The van der Waals surface area contributed by atoms with Gasteiger partial charge in [-0.2, -0.15) is 0 Å². The third kappa shape index (κ3) is 4.26. The molecule has 0 unspecified atom stereocenters. The molecule has 0 radical (unpaired) electrons. The molecule has 1 aromatic carbocycles. The quantitative estimate of drug-likeness (QED) is 0.891. The van der Waals surface area contributed by atoms with Gasteiger partial charge in [0, 0.05) is 25.4 Å². The number of rotatable bonds is 5. The highest BCUT2D eigenvalue weighted by Crippen LogP contribution is 2.22. The van der Waals surface area contributed by atoms with Gasteiger partial charge in [-0.15, -0.1) is 0 Å². The number of amides is 1. The Balaban J connectivity index is 1.79. The number of carbonyl (C=O) groups is 1.